The first-order valence-corrected chi connectivity index (χ1v) is 49.0. The fourth-order valence-electron chi connectivity index (χ4n) is 15.3. The van der Waals surface area contributed by atoms with Gasteiger partial charge in [0.15, 0.2) is 0 Å². The van der Waals surface area contributed by atoms with Crippen LogP contribution in [0, 0.1) is 5.92 Å². The van der Waals surface area contributed by atoms with E-state index in [1.54, 1.807) is 50.2 Å². The quantitative estimate of drug-likeness (QED) is 0.0136. The van der Waals surface area contributed by atoms with Crippen molar-refractivity contribution in [2.24, 2.45) is 23.1 Å². The average Bonchev–Trinajstić information content (AvgIpc) is 1.76. The summed E-state index contributed by atoms with van der Waals surface area (Å²) < 4.78 is 44.5. The van der Waals surface area contributed by atoms with Crippen LogP contribution < -0.4 is 81.0 Å². The van der Waals surface area contributed by atoms with E-state index >= 15 is 9.59 Å². The minimum atomic E-state index is -1.88. The Bertz CT molecular complexity index is 4840. The third kappa shape index (κ3) is 46.4. The Balaban J connectivity index is 0.929. The summed E-state index contributed by atoms with van der Waals surface area (Å²) in [6.07, 6.45) is 7.06. The molecule has 15 amide bonds. The SMILES string of the molecule is CC(=O)N[C@H](Cc1ccc2ccccc2c1)C(=O)N[C@H](Cc1ccc(Cl)cc1)C(=O)N[C@H](Cc1cccnc1)C(=O)N[C@@H](CO)C(=O)N[C@@H](Cc1ccc(O)cc1)C(=O)N[C@H](CCCCNC(=O)CCOCCOCCOCCOCCOCCOCCOCCOCCNC(=O)CCCCCN1C(=O)C=CC1=O)C(=O)N[C@@H](CC(C)C)C(=O)N[C@@H](CCCNC(N)N)C(=O)N1CCC[C@H]1C(=O)N[C@H](C)C(N)=O. The number of likely N-dealkylation sites (tertiary alicyclic amines) is 1. The lowest BCUT2D eigenvalue weighted by Crippen LogP contribution is -2.61. The Labute approximate surface area is 837 Å². The number of nitrogens with zero attached hydrogens (tertiary/aromatic N) is 3. The molecule has 143 heavy (non-hydrogen) atoms. The number of carbonyl (C=O) groups excluding carboxylic acids is 15. The van der Waals surface area contributed by atoms with Crippen LogP contribution in [0.5, 0.6) is 5.75 Å². The molecule has 0 spiro atoms. The predicted molar refractivity (Wildman–Crippen MR) is 527 cm³/mol. The number of primary amides is 1. The molecule has 10 atom stereocenters. The van der Waals surface area contributed by atoms with Crippen LogP contribution in [0.2, 0.25) is 5.02 Å². The molecule has 0 bridgehead atoms. The zero-order valence-electron chi connectivity index (χ0n) is 81.9. The van der Waals surface area contributed by atoms with Crippen molar-refractivity contribution in [2.75, 3.05) is 145 Å². The summed E-state index contributed by atoms with van der Waals surface area (Å²) >= 11 is 6.28. The topological polar surface area (TPSA) is 612 Å². The number of benzene rings is 4. The van der Waals surface area contributed by atoms with Crippen LogP contribution in [-0.2, 0) is 135 Å². The summed E-state index contributed by atoms with van der Waals surface area (Å²) in [6, 6.07) is 14.3. The fraction of sp³-hybridized carbons (Fsp3) is 0.556. The van der Waals surface area contributed by atoms with Gasteiger partial charge in [0.05, 0.1) is 112 Å². The van der Waals surface area contributed by atoms with Gasteiger partial charge in [-0.2, -0.15) is 0 Å². The van der Waals surface area contributed by atoms with Gasteiger partial charge < -0.3 is 129 Å². The predicted octanol–water partition coefficient (Wildman–Crippen LogP) is -0.236. The van der Waals surface area contributed by atoms with E-state index in [9.17, 15) is 72.5 Å². The fourth-order valence-corrected chi connectivity index (χ4v) is 15.4. The van der Waals surface area contributed by atoms with Gasteiger partial charge in [-0.15, -0.1) is 0 Å². The summed E-state index contributed by atoms with van der Waals surface area (Å²) in [7, 11) is 0. The maximum Gasteiger partial charge on any atom is 0.253 e. The summed E-state index contributed by atoms with van der Waals surface area (Å²) in [6.45, 7) is 11.2. The molecule has 786 valence electrons. The number of unbranched alkanes of at least 4 members (excludes halogenated alkanes) is 3. The Hall–Kier alpha value is -12.1. The number of phenols is 1. The van der Waals surface area contributed by atoms with E-state index in [4.69, 9.17) is 66.7 Å². The number of aliphatic hydroxyl groups excluding tert-OH is 1. The molecule has 3 heterocycles. The van der Waals surface area contributed by atoms with E-state index < -0.39 is 138 Å². The van der Waals surface area contributed by atoms with Crippen LogP contribution >= 0.6 is 11.6 Å². The Kier molecular flexibility index (Phi) is 55.0. The highest BCUT2D eigenvalue weighted by Gasteiger charge is 2.41. The third-order valence-corrected chi connectivity index (χ3v) is 23.1. The maximum atomic E-state index is 15.3. The van der Waals surface area contributed by atoms with E-state index in [2.05, 4.69) is 68.8 Å². The van der Waals surface area contributed by atoms with Crippen molar-refractivity contribution in [2.45, 2.75) is 204 Å². The highest BCUT2D eigenvalue weighted by molar-refractivity contribution is 6.30. The third-order valence-electron chi connectivity index (χ3n) is 22.9. The van der Waals surface area contributed by atoms with E-state index in [0.29, 0.717) is 145 Å². The van der Waals surface area contributed by atoms with Crippen molar-refractivity contribution < 1.29 is 120 Å². The molecular weight excluding hydrogens is 1880 g/mol. The van der Waals surface area contributed by atoms with E-state index in [0.717, 1.165) is 17.2 Å². The van der Waals surface area contributed by atoms with Crippen LogP contribution in [0.1, 0.15) is 133 Å². The first kappa shape index (κ1) is 118. The van der Waals surface area contributed by atoms with Gasteiger partial charge in [-0.1, -0.05) is 105 Å². The van der Waals surface area contributed by atoms with Crippen LogP contribution in [0.25, 0.3) is 10.8 Å². The number of amides is 15. The van der Waals surface area contributed by atoms with Crippen LogP contribution in [0.3, 0.4) is 0 Å². The second kappa shape index (κ2) is 66.7. The molecule has 0 radical (unpaired) electrons. The van der Waals surface area contributed by atoms with Crippen molar-refractivity contribution in [3.8, 4) is 5.75 Å². The number of aromatic hydroxyl groups is 1. The van der Waals surface area contributed by atoms with Gasteiger partial charge in [-0.3, -0.25) is 87.1 Å². The number of aliphatic hydroxyl groups is 1. The molecule has 2 aliphatic rings. The van der Waals surface area contributed by atoms with Crippen LogP contribution in [-0.4, -0.2) is 325 Å². The lowest BCUT2D eigenvalue weighted by molar-refractivity contribution is -0.142. The molecule has 44 heteroatoms. The van der Waals surface area contributed by atoms with Crippen molar-refractivity contribution in [1.29, 1.82) is 0 Å². The minimum Gasteiger partial charge on any atom is -0.508 e. The van der Waals surface area contributed by atoms with Crippen LogP contribution in [0.15, 0.2) is 128 Å². The Morgan fingerprint density at radius 2 is 0.923 bits per heavy atom. The van der Waals surface area contributed by atoms with Gasteiger partial charge in [0.1, 0.15) is 72.5 Å². The van der Waals surface area contributed by atoms with Crippen molar-refractivity contribution in [3.05, 3.63) is 155 Å². The monoisotopic (exact) mass is 2020 g/mol. The smallest absolute Gasteiger partial charge is 0.253 e. The van der Waals surface area contributed by atoms with Gasteiger partial charge in [0, 0.05) is 101 Å². The van der Waals surface area contributed by atoms with E-state index in [1.165, 1.54) is 72.5 Å². The summed E-state index contributed by atoms with van der Waals surface area (Å²) in [5, 5.41) is 56.4. The second-order valence-electron chi connectivity index (χ2n) is 34.9. The molecule has 1 aromatic heterocycles. The lowest BCUT2D eigenvalue weighted by atomic mass is 9.99. The number of rotatable bonds is 73. The van der Waals surface area contributed by atoms with Crippen molar-refractivity contribution >= 4 is 111 Å². The first-order chi connectivity index (χ1) is 68.8. The molecule has 7 rings (SSSR count). The van der Waals surface area contributed by atoms with Gasteiger partial charge in [0.2, 0.25) is 76.8 Å². The number of ether oxygens (including phenoxy) is 8. The maximum absolute atomic E-state index is 15.3. The molecule has 0 saturated carbocycles. The van der Waals surface area contributed by atoms with E-state index in [1.807, 2.05) is 42.5 Å². The summed E-state index contributed by atoms with van der Waals surface area (Å²) in [4.78, 5) is 213. The number of pyridine rings is 1. The lowest BCUT2D eigenvalue weighted by Gasteiger charge is -2.31. The number of imide groups is 1. The number of carbonyl (C=O) groups is 15. The van der Waals surface area contributed by atoms with Gasteiger partial charge in [-0.25, -0.2) is 0 Å². The molecule has 0 aliphatic carbocycles. The second-order valence-corrected chi connectivity index (χ2v) is 35.3. The largest absolute Gasteiger partial charge is 0.508 e. The van der Waals surface area contributed by atoms with E-state index in [-0.39, 0.29) is 158 Å². The minimum absolute atomic E-state index is 0.0125. The number of halogens is 1. The molecule has 5 aromatic rings. The molecule has 20 N–H and O–H groups in total. The Morgan fingerprint density at radius 3 is 1.46 bits per heavy atom. The molecule has 4 aromatic carbocycles. The van der Waals surface area contributed by atoms with Crippen molar-refractivity contribution in [3.63, 3.8) is 0 Å². The summed E-state index contributed by atoms with van der Waals surface area (Å²) in [5.41, 5.74) is 19.0. The average molecular weight is 2020 g/mol. The molecule has 1 fully saturated rings. The van der Waals surface area contributed by atoms with Crippen LogP contribution in [0.4, 0.5) is 0 Å². The molecule has 1 saturated heterocycles. The molecular formula is C99H143ClN18O25. The number of nitrogens with one attached hydrogen (secondary N) is 12. The van der Waals surface area contributed by atoms with Crippen molar-refractivity contribution in [1.82, 2.24) is 78.6 Å². The normalized spacial score (nSPS) is 14.8. The zero-order chi connectivity index (χ0) is 104. The molecule has 2 aliphatic heterocycles. The Morgan fingerprint density at radius 1 is 0.462 bits per heavy atom. The number of nitrogens with two attached hydrogens (primary N) is 3. The molecule has 0 unspecified atom stereocenters. The summed E-state index contributed by atoms with van der Waals surface area (Å²) in [5.74, 6) is -10.7. The molecule has 43 nitrogen and oxygen atoms in total. The zero-order valence-corrected chi connectivity index (χ0v) is 82.6. The highest BCUT2D eigenvalue weighted by Crippen LogP contribution is 2.23. The number of hydrogen-bond donors (Lipinski definition) is 17. The number of phenolic OH excluding ortho intramolecular Hbond substituents is 1. The standard InChI is InChI=1S/C99H143ClN18O25/c1-65(2)57-78(91(128)111-77(19-13-37-107-99(102)103)98(135)117-40-14-20-84(117)97(134)108-66(3)89(101)126)112-90(127)76(18-9-10-36-105-86(123)34-41-136-43-45-138-47-49-140-51-53-142-55-56-143-54-52-141-50-48-139-46-44-137-42-38-106-85(122)21-6-5-11-39-118-87(124)32-33-88(118)125)110-93(130)80(60-69-25-30-75(121)31-26-69)115-96(133)83(64-119)116-95(132)82(62-71-15-12-35-104-63-71)114-94(131)81(59-68-23-28-74(100)29-24-68)113-92(129)79(109-67(4)120)61-70-22-27-72-16-7-8-17-73(72)58-70/h7-8,12,15-17,22-33,35,58,63,65-66,76-84,99,107,119,121H,5-6,9-11,13-14,18-21,34,36-57,59-62,64,102-103H2,1-4H3,(H2,101,126)(H,105,123)(H,106,122)(H,108,134)(H,109,120)(H,110,130)(H,111,128)(H,112,127)(H,113,129)(H,114,131)(H,115,133)(H,116,132)/t66-,76-,77+,78+,79-,80+,81-,82-,83+,84+/m1/s1. The number of hydrogen-bond acceptors (Lipinski definition) is 29. The van der Waals surface area contributed by atoms with Gasteiger partial charge in [-0.05, 0) is 147 Å². The van der Waals surface area contributed by atoms with Gasteiger partial charge >= 0.3 is 0 Å². The highest BCUT2D eigenvalue weighted by atomic mass is 35.5. The van der Waals surface area contributed by atoms with Gasteiger partial charge in [0.25, 0.3) is 11.8 Å². The number of aromatic nitrogens is 1. The first-order valence-electron chi connectivity index (χ1n) is 48.6. The number of fused-ring (bicyclic) bond motifs is 1.